The summed E-state index contributed by atoms with van der Waals surface area (Å²) in [6, 6.07) is 7.86. The maximum Gasteiger partial charge on any atom is 0.325 e. The number of ether oxygens (including phenoxy) is 2. The molecule has 1 fully saturated rings. The standard InChI is InChI=1S/C18H25NO4/c1-13(2)15-5-7-16(8-6-15)22-10-9-17(20)19-11-18(21)23-12-14-3-4-14/h5-8,13-14H,3-4,9-12H2,1-2H3,(H,19,20). The van der Waals surface area contributed by atoms with Crippen molar-refractivity contribution >= 4 is 11.9 Å². The Bertz CT molecular complexity index is 520. The van der Waals surface area contributed by atoms with Gasteiger partial charge in [0, 0.05) is 0 Å². The lowest BCUT2D eigenvalue weighted by Crippen LogP contribution is -2.31. The van der Waals surface area contributed by atoms with Crippen LogP contribution in [0.25, 0.3) is 0 Å². The Morgan fingerprint density at radius 1 is 1.22 bits per heavy atom. The summed E-state index contributed by atoms with van der Waals surface area (Å²) < 4.78 is 10.6. The first-order valence-electron chi connectivity index (χ1n) is 8.19. The fraction of sp³-hybridized carbons (Fsp3) is 0.556. The second kappa shape index (κ2) is 8.56. The van der Waals surface area contributed by atoms with E-state index < -0.39 is 0 Å². The Labute approximate surface area is 137 Å². The van der Waals surface area contributed by atoms with Gasteiger partial charge in [0.1, 0.15) is 12.3 Å². The summed E-state index contributed by atoms with van der Waals surface area (Å²) in [5.74, 6) is 1.16. The Balaban J connectivity index is 1.57. The van der Waals surface area contributed by atoms with Gasteiger partial charge in [-0.2, -0.15) is 0 Å². The quantitative estimate of drug-likeness (QED) is 0.711. The van der Waals surface area contributed by atoms with Gasteiger partial charge >= 0.3 is 5.97 Å². The molecule has 0 bridgehead atoms. The number of amides is 1. The van der Waals surface area contributed by atoms with Crippen LogP contribution in [0.5, 0.6) is 5.75 Å². The molecule has 0 atom stereocenters. The minimum Gasteiger partial charge on any atom is -0.493 e. The number of benzene rings is 1. The van der Waals surface area contributed by atoms with Gasteiger partial charge in [0.05, 0.1) is 19.6 Å². The predicted octanol–water partition coefficient (Wildman–Crippen LogP) is 2.65. The van der Waals surface area contributed by atoms with Crippen LogP contribution in [-0.4, -0.2) is 31.6 Å². The molecule has 1 saturated carbocycles. The molecule has 5 heteroatoms. The Hall–Kier alpha value is -2.04. The highest BCUT2D eigenvalue weighted by atomic mass is 16.5. The SMILES string of the molecule is CC(C)c1ccc(OCCC(=O)NCC(=O)OCC2CC2)cc1. The second-order valence-electron chi connectivity index (χ2n) is 6.23. The first-order valence-corrected chi connectivity index (χ1v) is 8.19. The summed E-state index contributed by atoms with van der Waals surface area (Å²) in [6.07, 6.45) is 2.48. The van der Waals surface area contributed by atoms with Crippen LogP contribution in [0.4, 0.5) is 0 Å². The molecule has 0 unspecified atom stereocenters. The van der Waals surface area contributed by atoms with Crippen molar-refractivity contribution in [2.75, 3.05) is 19.8 Å². The molecule has 0 aliphatic heterocycles. The monoisotopic (exact) mass is 319 g/mol. The topological polar surface area (TPSA) is 64.6 Å². The van der Waals surface area contributed by atoms with Crippen molar-refractivity contribution in [2.45, 2.75) is 39.0 Å². The van der Waals surface area contributed by atoms with Gasteiger partial charge in [0.15, 0.2) is 0 Å². The summed E-state index contributed by atoms with van der Waals surface area (Å²) in [4.78, 5) is 23.0. The van der Waals surface area contributed by atoms with Gasteiger partial charge in [0.25, 0.3) is 0 Å². The van der Waals surface area contributed by atoms with Gasteiger partial charge in [-0.25, -0.2) is 0 Å². The summed E-state index contributed by atoms with van der Waals surface area (Å²) >= 11 is 0. The summed E-state index contributed by atoms with van der Waals surface area (Å²) in [6.45, 7) is 4.95. The van der Waals surface area contributed by atoms with Crippen LogP contribution in [-0.2, 0) is 14.3 Å². The lowest BCUT2D eigenvalue weighted by molar-refractivity contribution is -0.144. The lowest BCUT2D eigenvalue weighted by Gasteiger charge is -2.09. The minimum absolute atomic E-state index is 0.0748. The minimum atomic E-state index is -0.379. The van der Waals surface area contributed by atoms with Crippen LogP contribution in [0.2, 0.25) is 0 Å². The normalized spacial score (nSPS) is 13.7. The van der Waals surface area contributed by atoms with E-state index in [1.807, 2.05) is 24.3 Å². The fourth-order valence-electron chi connectivity index (χ4n) is 2.02. The van der Waals surface area contributed by atoms with Crippen LogP contribution in [0.15, 0.2) is 24.3 Å². The van der Waals surface area contributed by atoms with E-state index in [1.54, 1.807) is 0 Å². The number of hydrogen-bond donors (Lipinski definition) is 1. The zero-order chi connectivity index (χ0) is 16.7. The maximum atomic E-state index is 11.6. The van der Waals surface area contributed by atoms with Gasteiger partial charge in [-0.1, -0.05) is 26.0 Å². The molecule has 23 heavy (non-hydrogen) atoms. The zero-order valence-corrected chi connectivity index (χ0v) is 13.8. The molecular weight excluding hydrogens is 294 g/mol. The van der Waals surface area contributed by atoms with Gasteiger partial charge in [-0.15, -0.1) is 0 Å². The van der Waals surface area contributed by atoms with E-state index in [-0.39, 0.29) is 31.4 Å². The first kappa shape index (κ1) is 17.3. The van der Waals surface area contributed by atoms with Gasteiger partial charge in [0.2, 0.25) is 5.91 Å². The molecule has 1 amide bonds. The molecule has 0 aromatic heterocycles. The molecule has 1 aromatic rings. The van der Waals surface area contributed by atoms with Crippen molar-refractivity contribution in [1.29, 1.82) is 0 Å². The average Bonchev–Trinajstić information content (AvgIpc) is 3.36. The molecule has 2 rings (SSSR count). The predicted molar refractivity (Wildman–Crippen MR) is 87.3 cm³/mol. The van der Waals surface area contributed by atoms with Crippen LogP contribution < -0.4 is 10.1 Å². The third-order valence-corrected chi connectivity index (χ3v) is 3.75. The zero-order valence-electron chi connectivity index (χ0n) is 13.8. The van der Waals surface area contributed by atoms with E-state index in [0.29, 0.717) is 18.4 Å². The summed E-state index contributed by atoms with van der Waals surface area (Å²) in [7, 11) is 0. The molecule has 0 saturated heterocycles. The molecule has 0 spiro atoms. The van der Waals surface area contributed by atoms with Crippen LogP contribution in [0.1, 0.15) is 44.6 Å². The molecule has 0 radical (unpaired) electrons. The number of esters is 1. The van der Waals surface area contributed by atoms with E-state index in [1.165, 1.54) is 5.56 Å². The molecule has 0 heterocycles. The highest BCUT2D eigenvalue weighted by molar-refractivity contribution is 5.81. The van der Waals surface area contributed by atoms with E-state index in [2.05, 4.69) is 19.2 Å². The number of carbonyl (C=O) groups is 2. The molecule has 1 aliphatic rings. The van der Waals surface area contributed by atoms with Crippen molar-refractivity contribution in [1.82, 2.24) is 5.32 Å². The molecule has 1 aliphatic carbocycles. The number of nitrogens with one attached hydrogen (secondary N) is 1. The summed E-state index contributed by atoms with van der Waals surface area (Å²) in [5, 5.41) is 2.54. The third-order valence-electron chi connectivity index (χ3n) is 3.75. The Morgan fingerprint density at radius 3 is 2.52 bits per heavy atom. The van der Waals surface area contributed by atoms with Crippen molar-refractivity contribution in [2.24, 2.45) is 5.92 Å². The largest absolute Gasteiger partial charge is 0.493 e. The Morgan fingerprint density at radius 2 is 1.91 bits per heavy atom. The van der Waals surface area contributed by atoms with Crippen LogP contribution in [0.3, 0.4) is 0 Å². The van der Waals surface area contributed by atoms with Crippen molar-refractivity contribution in [3.05, 3.63) is 29.8 Å². The van der Waals surface area contributed by atoms with Crippen molar-refractivity contribution in [3.63, 3.8) is 0 Å². The fourth-order valence-corrected chi connectivity index (χ4v) is 2.02. The van der Waals surface area contributed by atoms with Crippen LogP contribution >= 0.6 is 0 Å². The molecule has 1 aromatic carbocycles. The van der Waals surface area contributed by atoms with Gasteiger partial charge in [-0.05, 0) is 42.4 Å². The Kier molecular flexibility index (Phi) is 6.44. The van der Waals surface area contributed by atoms with Crippen molar-refractivity contribution < 1.29 is 19.1 Å². The maximum absolute atomic E-state index is 11.6. The number of carbonyl (C=O) groups excluding carboxylic acids is 2. The van der Waals surface area contributed by atoms with Crippen LogP contribution in [0, 0.1) is 5.92 Å². The third kappa shape index (κ3) is 6.72. The highest BCUT2D eigenvalue weighted by Crippen LogP contribution is 2.28. The number of hydrogen-bond acceptors (Lipinski definition) is 4. The van der Waals surface area contributed by atoms with Gasteiger partial charge < -0.3 is 14.8 Å². The van der Waals surface area contributed by atoms with E-state index in [4.69, 9.17) is 9.47 Å². The molecule has 5 nitrogen and oxygen atoms in total. The number of rotatable bonds is 9. The van der Waals surface area contributed by atoms with E-state index in [0.717, 1.165) is 18.6 Å². The van der Waals surface area contributed by atoms with Crippen molar-refractivity contribution in [3.8, 4) is 5.75 Å². The molecule has 126 valence electrons. The van der Waals surface area contributed by atoms with Gasteiger partial charge in [-0.3, -0.25) is 9.59 Å². The van der Waals surface area contributed by atoms with E-state index in [9.17, 15) is 9.59 Å². The first-order chi connectivity index (χ1) is 11.0. The highest BCUT2D eigenvalue weighted by Gasteiger charge is 2.22. The van der Waals surface area contributed by atoms with E-state index >= 15 is 0 Å². The average molecular weight is 319 g/mol. The molecule has 1 N–H and O–H groups in total. The smallest absolute Gasteiger partial charge is 0.325 e. The second-order valence-corrected chi connectivity index (χ2v) is 6.23. The summed E-state index contributed by atoms with van der Waals surface area (Å²) in [5.41, 5.74) is 1.25. The molecular formula is C18H25NO4. The lowest BCUT2D eigenvalue weighted by atomic mass is 10.0.